The first kappa shape index (κ1) is 110. The second-order valence-corrected chi connectivity index (χ2v) is 40.2. The van der Waals surface area contributed by atoms with Gasteiger partial charge < -0.3 is 0 Å². The summed E-state index contributed by atoms with van der Waals surface area (Å²) in [7, 11) is 0. The molecule has 32 heteroatoms. The first-order valence-electron chi connectivity index (χ1n) is 43.7. The Hall–Kier alpha value is -12.0. The van der Waals surface area contributed by atoms with Crippen molar-refractivity contribution in [2.24, 2.45) is 0 Å². The zero-order valence-corrected chi connectivity index (χ0v) is 92.9. The molecule has 0 fully saturated rings. The molecule has 0 saturated heterocycles. The van der Waals surface area contributed by atoms with Crippen LogP contribution < -0.4 is 0 Å². The summed E-state index contributed by atoms with van der Waals surface area (Å²) in [5.74, 6) is -21.6. The van der Waals surface area contributed by atoms with Crippen molar-refractivity contribution in [3.63, 3.8) is 0 Å². The SMILES string of the molecule is Fc1c(F)c(I)c(F)c(F)c1I.Fc1c(F)c(I)c(F)c(F)c1I.Fc1c(F)c(I)c(F)c(F)c1I.Fc1c(F)c(I)c(F)c(F)c1I.c1cncc(-c2ccc(C(=C(c3ccc(-c4cccnc4)cc3)c3ccc(-c4cccnc4)cc3)c3ccc(-c4cccnc4)cc3)cc2)c1.c1cncc(-c2ccc(C(=C(c3ccc(-c4cccnc4)cc3)c3ccc(-c4cccnc4)cc3)c3ccc(-c4cccnc4)cc3)cc2)c1. The van der Waals surface area contributed by atoms with Gasteiger partial charge in [0.05, 0.1) is 28.6 Å². The number of halogens is 24. The lowest BCUT2D eigenvalue weighted by molar-refractivity contribution is 0.437. The molecular formula is C116H64F16I8N8. The Bertz CT molecular complexity index is 6410. The van der Waals surface area contributed by atoms with Gasteiger partial charge in [-0.2, -0.15) is 0 Å². The second-order valence-electron chi connectivity index (χ2n) is 31.6. The molecule has 0 amide bonds. The lowest BCUT2D eigenvalue weighted by Gasteiger charge is -2.19. The van der Waals surface area contributed by atoms with Gasteiger partial charge in [0, 0.05) is 99.1 Å². The summed E-state index contributed by atoms with van der Waals surface area (Å²) >= 11 is 9.63. The highest BCUT2D eigenvalue weighted by molar-refractivity contribution is 14.1. The van der Waals surface area contributed by atoms with Crippen molar-refractivity contribution < 1.29 is 70.2 Å². The van der Waals surface area contributed by atoms with Gasteiger partial charge in [-0.15, -0.1) is 0 Å². The van der Waals surface area contributed by atoms with Crippen LogP contribution in [0.2, 0.25) is 0 Å². The van der Waals surface area contributed by atoms with E-state index in [0.29, 0.717) is 0 Å². The average molecular weight is 2890 g/mol. The van der Waals surface area contributed by atoms with Crippen LogP contribution in [-0.2, 0) is 0 Å². The van der Waals surface area contributed by atoms with Gasteiger partial charge in [-0.05, 0) is 385 Å². The molecule has 0 aliphatic carbocycles. The van der Waals surface area contributed by atoms with Gasteiger partial charge in [-0.25, -0.2) is 70.2 Å². The molecule has 0 radical (unpaired) electrons. The van der Waals surface area contributed by atoms with Crippen LogP contribution in [0.3, 0.4) is 0 Å². The van der Waals surface area contributed by atoms with Gasteiger partial charge in [0.2, 0.25) is 0 Å². The lowest BCUT2D eigenvalue weighted by Crippen LogP contribution is -2.02. The maximum absolute atomic E-state index is 12.6. The molecule has 0 bridgehead atoms. The summed E-state index contributed by atoms with van der Waals surface area (Å²) in [5.41, 5.74) is 31.2. The van der Waals surface area contributed by atoms with Crippen molar-refractivity contribution >= 4 is 203 Å². The largest absolute Gasteiger partial charge is 0.264 e. The predicted octanol–water partition coefficient (Wildman–Crippen LogP) is 35.7. The first-order chi connectivity index (χ1) is 71.5. The molecule has 12 aromatic carbocycles. The summed E-state index contributed by atoms with van der Waals surface area (Å²) in [4.78, 5) is 34.7. The molecule has 0 spiro atoms. The van der Waals surface area contributed by atoms with Crippen LogP contribution in [0.15, 0.2) is 390 Å². The highest BCUT2D eigenvalue weighted by Crippen LogP contribution is 2.44. The van der Waals surface area contributed by atoms with E-state index < -0.39 is 122 Å². The molecule has 0 saturated carbocycles. The van der Waals surface area contributed by atoms with E-state index in [0.717, 1.165) is 156 Å². The fraction of sp³-hybridized carbons (Fsp3) is 0. The van der Waals surface area contributed by atoms with Crippen LogP contribution >= 0.6 is 181 Å². The third kappa shape index (κ3) is 26.4. The van der Waals surface area contributed by atoms with E-state index in [-0.39, 0.29) is 0 Å². The molecule has 0 unspecified atom stereocenters. The third-order valence-corrected chi connectivity index (χ3v) is 30.0. The number of rotatable bonds is 16. The maximum atomic E-state index is 12.6. The minimum Gasteiger partial charge on any atom is -0.264 e. The molecule has 20 rings (SSSR count). The topological polar surface area (TPSA) is 103 Å². The highest BCUT2D eigenvalue weighted by atomic mass is 127. The molecule has 8 nitrogen and oxygen atoms in total. The van der Waals surface area contributed by atoms with Crippen LogP contribution in [0.4, 0.5) is 70.2 Å². The molecule has 8 heterocycles. The van der Waals surface area contributed by atoms with Crippen molar-refractivity contribution in [2.45, 2.75) is 0 Å². The average Bonchev–Trinajstić information content (AvgIpc) is 0.769. The van der Waals surface area contributed by atoms with E-state index in [9.17, 15) is 70.2 Å². The van der Waals surface area contributed by atoms with Crippen molar-refractivity contribution in [2.75, 3.05) is 0 Å². The fourth-order valence-electron chi connectivity index (χ4n) is 15.0. The molecule has 20 aromatic rings. The number of hydrogen-bond donors (Lipinski definition) is 0. The van der Waals surface area contributed by atoms with Gasteiger partial charge >= 0.3 is 0 Å². The van der Waals surface area contributed by atoms with Crippen molar-refractivity contribution in [1.29, 1.82) is 0 Å². The highest BCUT2D eigenvalue weighted by Gasteiger charge is 2.28. The summed E-state index contributed by atoms with van der Waals surface area (Å²) < 4.78 is 197. The summed E-state index contributed by atoms with van der Waals surface area (Å²) in [6.45, 7) is 0. The van der Waals surface area contributed by atoms with Crippen LogP contribution in [0.5, 0.6) is 0 Å². The number of benzene rings is 12. The van der Waals surface area contributed by atoms with E-state index in [1.54, 1.807) is 49.6 Å². The summed E-state index contributed by atoms with van der Waals surface area (Å²) in [6, 6.07) is 103. The number of pyridine rings is 8. The first-order valence-corrected chi connectivity index (χ1v) is 52.3. The van der Waals surface area contributed by atoms with E-state index in [2.05, 4.69) is 283 Å². The van der Waals surface area contributed by atoms with Crippen molar-refractivity contribution in [3.8, 4) is 89.0 Å². The quantitative estimate of drug-likeness (QED) is 0.0310. The smallest absolute Gasteiger partial charge is 0.176 e. The van der Waals surface area contributed by atoms with Gasteiger partial charge in [-0.3, -0.25) is 39.9 Å². The maximum Gasteiger partial charge on any atom is 0.176 e. The summed E-state index contributed by atoms with van der Waals surface area (Å²) in [6.07, 6.45) is 29.7. The Balaban J connectivity index is 0.000000154. The van der Waals surface area contributed by atoms with Crippen molar-refractivity contribution in [3.05, 3.63) is 556 Å². The minimum atomic E-state index is -1.35. The summed E-state index contributed by atoms with van der Waals surface area (Å²) in [5, 5.41) is 0. The standard InChI is InChI=1S/2C46H32N4.4C6F4I2/c2*1-5-41(29-47-25-1)33-9-17-37(18-10-33)45(38-19-11-34(12-20-38)42-6-2-26-48-30-42)46(39-21-13-35(14-22-39)43-7-3-27-49-31-43)40-23-15-36(16-24-40)44-8-4-28-50-32-44;4*7-1-2(8)6(12)4(10)3(9)5(1)11/h2*1-32H;;;;. The monoisotopic (exact) mass is 2890 g/mol. The fourth-order valence-corrected chi connectivity index (χ4v) is 18.8. The molecule has 736 valence electrons. The van der Waals surface area contributed by atoms with E-state index in [4.69, 9.17) is 0 Å². The Morgan fingerprint density at radius 1 is 0.122 bits per heavy atom. The Kier molecular flexibility index (Phi) is 38.7. The Labute approximate surface area is 947 Å². The molecule has 148 heavy (non-hydrogen) atoms. The molecule has 0 N–H and O–H groups in total. The van der Waals surface area contributed by atoms with Crippen molar-refractivity contribution in [1.82, 2.24) is 39.9 Å². The Morgan fingerprint density at radius 2 is 0.209 bits per heavy atom. The minimum absolute atomic E-state index is 0.664. The lowest BCUT2D eigenvalue weighted by atomic mass is 9.84. The van der Waals surface area contributed by atoms with Crippen LogP contribution in [-0.4, -0.2) is 39.9 Å². The molecular weight excluding hydrogens is 2820 g/mol. The van der Waals surface area contributed by atoms with Crippen LogP contribution in [0.1, 0.15) is 44.5 Å². The molecule has 0 aliphatic rings. The molecule has 0 atom stereocenters. The van der Waals surface area contributed by atoms with Gasteiger partial charge in [0.15, 0.2) is 93.1 Å². The van der Waals surface area contributed by atoms with E-state index in [1.165, 1.54) is 181 Å². The van der Waals surface area contributed by atoms with Gasteiger partial charge in [-0.1, -0.05) is 243 Å². The second kappa shape index (κ2) is 52.0. The number of hydrogen-bond acceptors (Lipinski definition) is 8. The van der Waals surface area contributed by atoms with Gasteiger partial charge in [0.25, 0.3) is 0 Å². The van der Waals surface area contributed by atoms with Gasteiger partial charge in [0.1, 0.15) is 0 Å². The zero-order valence-electron chi connectivity index (χ0n) is 75.6. The van der Waals surface area contributed by atoms with E-state index >= 15 is 0 Å². The molecule has 0 aliphatic heterocycles. The third-order valence-electron chi connectivity index (χ3n) is 22.5. The number of nitrogens with zero attached hydrogens (tertiary/aromatic N) is 8. The Morgan fingerprint density at radius 3 is 0.284 bits per heavy atom. The van der Waals surface area contributed by atoms with Crippen LogP contribution in [0, 0.1) is 122 Å². The van der Waals surface area contributed by atoms with Crippen LogP contribution in [0.25, 0.3) is 111 Å². The number of aromatic nitrogens is 8. The normalized spacial score (nSPS) is 10.7. The van der Waals surface area contributed by atoms with E-state index in [1.807, 2.05) is 98.1 Å². The predicted molar refractivity (Wildman–Crippen MR) is 614 cm³/mol. The molecule has 8 aromatic heterocycles. The zero-order chi connectivity index (χ0) is 105.